The molecule has 0 aromatic rings. The molecule has 0 bridgehead atoms. The number of hydrogen-bond donors (Lipinski definition) is 0. The average Bonchev–Trinajstić information content (AvgIpc) is 2.87. The highest BCUT2D eigenvalue weighted by molar-refractivity contribution is 8.08. The van der Waals surface area contributed by atoms with Crippen LogP contribution < -0.4 is 0 Å². The summed E-state index contributed by atoms with van der Waals surface area (Å²) in [5, 5.41) is 0. The number of rotatable bonds is 1. The Labute approximate surface area is 93.7 Å². The monoisotopic (exact) mass is 251 g/mol. The summed E-state index contributed by atoms with van der Waals surface area (Å²) in [6, 6.07) is 0.786. The van der Waals surface area contributed by atoms with E-state index in [9.17, 15) is 4.20 Å². The first-order valence-electron chi connectivity index (χ1n) is 5.53. The molecule has 0 amide bonds. The van der Waals surface area contributed by atoms with E-state index in [1.54, 1.807) is 0 Å². The maximum Gasteiger partial charge on any atom is 0.451 e. The van der Waals surface area contributed by atoms with Crippen LogP contribution in [0, 0.1) is 0 Å². The van der Waals surface area contributed by atoms with E-state index in [0.29, 0.717) is 0 Å². The molecule has 2 saturated heterocycles. The predicted octanol–water partition coefficient (Wildman–Crippen LogP) is 2.33. The van der Waals surface area contributed by atoms with Crippen molar-refractivity contribution >= 4 is 23.1 Å². The van der Waals surface area contributed by atoms with Crippen molar-refractivity contribution in [2.24, 2.45) is 0 Å². The van der Waals surface area contributed by atoms with Crippen LogP contribution in [-0.4, -0.2) is 41.7 Å². The van der Waals surface area contributed by atoms with Crippen LogP contribution in [0.15, 0.2) is 0 Å². The summed E-state index contributed by atoms with van der Waals surface area (Å²) < 4.78 is 20.5. The third kappa shape index (κ3) is 3.01. The van der Waals surface area contributed by atoms with Gasteiger partial charge in [-0.3, -0.25) is 0 Å². The topological polar surface area (TPSA) is 15.5 Å². The summed E-state index contributed by atoms with van der Waals surface area (Å²) in [5.74, 6) is 0. The van der Waals surface area contributed by atoms with Crippen LogP contribution >= 0.6 is 17.1 Å². The van der Waals surface area contributed by atoms with E-state index in [-0.39, 0.29) is 0 Å². The number of halogens is 1. The molecule has 15 heavy (non-hydrogen) atoms. The first-order valence-corrected chi connectivity index (χ1v) is 8.29. The quantitative estimate of drug-likeness (QED) is 0.404. The molecular weight excluding hydrogens is 233 g/mol. The van der Waals surface area contributed by atoms with E-state index in [1.807, 2.05) is 0 Å². The van der Waals surface area contributed by atoms with Gasteiger partial charge in [-0.05, 0) is 34.6 Å². The summed E-state index contributed by atoms with van der Waals surface area (Å²) in [6.45, 7) is 4.05. The van der Waals surface area contributed by atoms with Gasteiger partial charge in [0.25, 0.3) is 8.15 Å². The molecule has 3 nitrogen and oxygen atoms in total. The zero-order valence-corrected chi connectivity index (χ0v) is 10.9. The second-order valence-electron chi connectivity index (χ2n) is 4.03. The lowest BCUT2D eigenvalue weighted by Gasteiger charge is -2.15. The molecule has 2 atom stereocenters. The van der Waals surface area contributed by atoms with E-state index in [1.165, 1.54) is 25.7 Å². The van der Waals surface area contributed by atoms with Crippen LogP contribution in [0.3, 0.4) is 0 Å². The molecule has 6 heteroatoms. The standard InChI is InChI=1S/C9H18FN2OP2/c10-15(14)13-9(11-5-1-2-6-11)12-7-3-4-8-12/h1-8,14H2/q+1. The molecule has 2 aliphatic heterocycles. The van der Waals surface area contributed by atoms with Crippen molar-refractivity contribution in [3.63, 3.8) is 0 Å². The smallest absolute Gasteiger partial charge is 0.375 e. The largest absolute Gasteiger partial charge is 0.451 e. The zero-order valence-electron chi connectivity index (χ0n) is 8.86. The average molecular weight is 251 g/mol. The third-order valence-corrected chi connectivity index (χ3v) is 3.58. The van der Waals surface area contributed by atoms with Crippen molar-refractivity contribution in [3.8, 4) is 0 Å². The van der Waals surface area contributed by atoms with Crippen LogP contribution in [0.1, 0.15) is 25.7 Å². The SMILES string of the molecule is FP(P)OC(N1CCCC1)=[N+]1CCCC1. The van der Waals surface area contributed by atoms with Gasteiger partial charge in [-0.15, -0.1) is 0 Å². The lowest BCUT2D eigenvalue weighted by Crippen LogP contribution is -2.36. The lowest BCUT2D eigenvalue weighted by molar-refractivity contribution is -0.518. The fourth-order valence-electron chi connectivity index (χ4n) is 2.21. The second-order valence-corrected chi connectivity index (χ2v) is 5.98. The number of hydrogen-bond acceptors (Lipinski definition) is 1. The van der Waals surface area contributed by atoms with Gasteiger partial charge >= 0.3 is 6.02 Å². The maximum absolute atomic E-state index is 13.0. The van der Waals surface area contributed by atoms with Crippen LogP contribution in [0.5, 0.6) is 0 Å². The van der Waals surface area contributed by atoms with Crippen molar-refractivity contribution < 1.29 is 13.3 Å². The number of nitrogens with zero attached hydrogens (tertiary/aromatic N) is 2. The minimum Gasteiger partial charge on any atom is -0.375 e. The predicted molar refractivity (Wildman–Crippen MR) is 63.9 cm³/mol. The Bertz CT molecular complexity index is 246. The van der Waals surface area contributed by atoms with Gasteiger partial charge in [-0.1, -0.05) is 0 Å². The molecular formula is C9H18FN2OP2+. The van der Waals surface area contributed by atoms with E-state index in [0.717, 1.165) is 32.2 Å². The molecule has 86 valence electrons. The summed E-state index contributed by atoms with van der Waals surface area (Å²) >= 11 is 0. The fourth-order valence-corrected chi connectivity index (χ4v) is 2.88. The minimum absolute atomic E-state index is 0.786. The van der Waals surface area contributed by atoms with Gasteiger partial charge < -0.3 is 4.52 Å². The molecule has 0 radical (unpaired) electrons. The Balaban J connectivity index is 2.10. The van der Waals surface area contributed by atoms with Gasteiger partial charge in [0.2, 0.25) is 0 Å². The van der Waals surface area contributed by atoms with Crippen molar-refractivity contribution in [3.05, 3.63) is 0 Å². The first kappa shape index (κ1) is 11.5. The molecule has 0 saturated carbocycles. The minimum atomic E-state index is -1.88. The van der Waals surface area contributed by atoms with Gasteiger partial charge in [-0.2, -0.15) is 4.20 Å². The Morgan fingerprint density at radius 3 is 2.33 bits per heavy atom. The summed E-state index contributed by atoms with van der Waals surface area (Å²) in [6.07, 6.45) is 4.78. The van der Waals surface area contributed by atoms with Crippen molar-refractivity contribution in [1.29, 1.82) is 0 Å². The Morgan fingerprint density at radius 1 is 1.20 bits per heavy atom. The van der Waals surface area contributed by atoms with Crippen LogP contribution in [0.25, 0.3) is 0 Å². The lowest BCUT2D eigenvalue weighted by atomic mass is 10.4. The van der Waals surface area contributed by atoms with Gasteiger partial charge in [0.05, 0.1) is 26.2 Å². The first-order chi connectivity index (χ1) is 7.27. The van der Waals surface area contributed by atoms with Crippen LogP contribution in [0.4, 0.5) is 4.20 Å². The van der Waals surface area contributed by atoms with E-state index < -0.39 is 8.15 Å². The van der Waals surface area contributed by atoms with E-state index in [4.69, 9.17) is 4.52 Å². The molecule has 0 spiro atoms. The highest BCUT2D eigenvalue weighted by Gasteiger charge is 2.31. The third-order valence-electron chi connectivity index (χ3n) is 2.92. The highest BCUT2D eigenvalue weighted by Crippen LogP contribution is 2.47. The van der Waals surface area contributed by atoms with E-state index >= 15 is 0 Å². The zero-order chi connectivity index (χ0) is 10.7. The van der Waals surface area contributed by atoms with Gasteiger partial charge in [0, 0.05) is 0 Å². The van der Waals surface area contributed by atoms with Gasteiger partial charge in [0.1, 0.15) is 0 Å². The molecule has 0 aliphatic carbocycles. The molecule has 0 aromatic carbocycles. The molecule has 2 unspecified atom stereocenters. The normalized spacial score (nSPS) is 23.3. The molecule has 2 heterocycles. The fraction of sp³-hybridized carbons (Fsp3) is 0.889. The second kappa shape index (κ2) is 5.41. The Kier molecular flexibility index (Phi) is 4.16. The Morgan fingerprint density at radius 2 is 1.80 bits per heavy atom. The molecule has 2 rings (SSSR count). The van der Waals surface area contributed by atoms with Crippen molar-refractivity contribution in [2.45, 2.75) is 25.7 Å². The van der Waals surface area contributed by atoms with E-state index in [2.05, 4.69) is 18.4 Å². The molecule has 0 N–H and O–H groups in total. The van der Waals surface area contributed by atoms with Crippen molar-refractivity contribution in [1.82, 2.24) is 4.90 Å². The summed E-state index contributed by atoms with van der Waals surface area (Å²) in [5.41, 5.74) is 0. The van der Waals surface area contributed by atoms with Gasteiger partial charge in [-0.25, -0.2) is 9.48 Å². The maximum atomic E-state index is 13.0. The molecule has 0 aromatic heterocycles. The van der Waals surface area contributed by atoms with Crippen molar-refractivity contribution in [2.75, 3.05) is 26.2 Å². The highest BCUT2D eigenvalue weighted by atomic mass is 32.0. The van der Waals surface area contributed by atoms with Crippen LogP contribution in [0.2, 0.25) is 0 Å². The number of likely N-dealkylation sites (tertiary alicyclic amines) is 1. The van der Waals surface area contributed by atoms with Gasteiger partial charge in [0.15, 0.2) is 0 Å². The summed E-state index contributed by atoms with van der Waals surface area (Å²) in [7, 11) is 0.242. The number of amidine groups is 1. The Hall–Kier alpha value is 0.0600. The molecule has 2 aliphatic rings. The van der Waals surface area contributed by atoms with Crippen LogP contribution in [-0.2, 0) is 4.52 Å². The molecule has 2 fully saturated rings. The summed E-state index contributed by atoms with van der Waals surface area (Å²) in [4.78, 5) is 2.18.